The zero-order valence-electron chi connectivity index (χ0n) is 11.2. The molecular weight excluding hydrogens is 230 g/mol. The number of aliphatic carboxylic acids is 1. The van der Waals surface area contributed by atoms with Gasteiger partial charge in [-0.05, 0) is 43.0 Å². The van der Waals surface area contributed by atoms with Crippen LogP contribution in [0.1, 0.15) is 28.7 Å². The minimum atomic E-state index is -0.980. The Morgan fingerprint density at radius 2 is 1.83 bits per heavy atom. The standard InChI is InChI=1S/C14H21NO3/c1-9-4-11(3)12(5-10(9)2)7-15-8-13(16)6-14(17)18/h4-5,13,15-16H,6-8H2,1-3H3,(H,17,18). The number of hydrogen-bond donors (Lipinski definition) is 3. The fourth-order valence-electron chi connectivity index (χ4n) is 1.86. The van der Waals surface area contributed by atoms with Crippen LogP contribution in [0.15, 0.2) is 12.1 Å². The van der Waals surface area contributed by atoms with Crippen molar-refractivity contribution in [2.45, 2.75) is 39.8 Å². The van der Waals surface area contributed by atoms with Crippen LogP contribution in [0.3, 0.4) is 0 Å². The molecule has 0 amide bonds. The SMILES string of the molecule is Cc1cc(C)c(CNCC(O)CC(=O)O)cc1C. The maximum atomic E-state index is 10.4. The van der Waals surface area contributed by atoms with Crippen LogP contribution in [-0.2, 0) is 11.3 Å². The molecule has 3 N–H and O–H groups in total. The molecule has 1 rings (SSSR count). The van der Waals surface area contributed by atoms with E-state index in [9.17, 15) is 9.90 Å². The number of rotatable bonds is 6. The third-order valence-electron chi connectivity index (χ3n) is 3.06. The molecule has 0 aromatic heterocycles. The second kappa shape index (κ2) is 6.52. The van der Waals surface area contributed by atoms with Gasteiger partial charge in [0.2, 0.25) is 0 Å². The van der Waals surface area contributed by atoms with Gasteiger partial charge in [0.25, 0.3) is 0 Å². The first-order valence-corrected chi connectivity index (χ1v) is 6.07. The van der Waals surface area contributed by atoms with Crippen molar-refractivity contribution >= 4 is 5.97 Å². The highest BCUT2D eigenvalue weighted by molar-refractivity contribution is 5.67. The quantitative estimate of drug-likeness (QED) is 0.717. The van der Waals surface area contributed by atoms with Gasteiger partial charge in [0.05, 0.1) is 12.5 Å². The van der Waals surface area contributed by atoms with Crippen LogP contribution in [0.5, 0.6) is 0 Å². The number of aliphatic hydroxyl groups excluding tert-OH is 1. The van der Waals surface area contributed by atoms with Crippen molar-refractivity contribution in [3.8, 4) is 0 Å². The first-order chi connectivity index (χ1) is 8.40. The lowest BCUT2D eigenvalue weighted by atomic mass is 10.0. The molecule has 18 heavy (non-hydrogen) atoms. The lowest BCUT2D eigenvalue weighted by Crippen LogP contribution is -2.28. The van der Waals surface area contributed by atoms with Crippen LogP contribution in [-0.4, -0.2) is 28.8 Å². The summed E-state index contributed by atoms with van der Waals surface area (Å²) in [7, 11) is 0. The van der Waals surface area contributed by atoms with E-state index < -0.39 is 12.1 Å². The van der Waals surface area contributed by atoms with E-state index in [1.54, 1.807) is 0 Å². The molecule has 1 aromatic carbocycles. The van der Waals surface area contributed by atoms with Crippen molar-refractivity contribution in [3.05, 3.63) is 34.4 Å². The summed E-state index contributed by atoms with van der Waals surface area (Å²) in [4.78, 5) is 10.4. The molecular formula is C14H21NO3. The van der Waals surface area contributed by atoms with E-state index in [1.165, 1.54) is 22.3 Å². The fourth-order valence-corrected chi connectivity index (χ4v) is 1.86. The van der Waals surface area contributed by atoms with Gasteiger partial charge in [-0.3, -0.25) is 4.79 Å². The molecule has 1 unspecified atom stereocenters. The number of carboxylic acid groups (broad SMARTS) is 1. The van der Waals surface area contributed by atoms with Gasteiger partial charge in [0, 0.05) is 13.1 Å². The van der Waals surface area contributed by atoms with E-state index in [0.29, 0.717) is 13.1 Å². The van der Waals surface area contributed by atoms with E-state index in [4.69, 9.17) is 5.11 Å². The van der Waals surface area contributed by atoms with E-state index in [1.807, 2.05) is 0 Å². The molecule has 0 radical (unpaired) electrons. The Labute approximate surface area is 108 Å². The molecule has 0 heterocycles. The van der Waals surface area contributed by atoms with Gasteiger partial charge < -0.3 is 15.5 Å². The largest absolute Gasteiger partial charge is 0.481 e. The van der Waals surface area contributed by atoms with Crippen molar-refractivity contribution in [3.63, 3.8) is 0 Å². The molecule has 0 saturated carbocycles. The molecule has 1 aromatic rings. The topological polar surface area (TPSA) is 69.6 Å². The number of hydrogen-bond acceptors (Lipinski definition) is 3. The van der Waals surface area contributed by atoms with Crippen LogP contribution >= 0.6 is 0 Å². The highest BCUT2D eigenvalue weighted by atomic mass is 16.4. The van der Waals surface area contributed by atoms with Crippen LogP contribution in [0.2, 0.25) is 0 Å². The maximum absolute atomic E-state index is 10.4. The minimum absolute atomic E-state index is 0.223. The summed E-state index contributed by atoms with van der Waals surface area (Å²) in [6.07, 6.45) is -1.06. The number of carbonyl (C=O) groups is 1. The lowest BCUT2D eigenvalue weighted by molar-refractivity contribution is -0.139. The molecule has 1 atom stereocenters. The van der Waals surface area contributed by atoms with E-state index in [-0.39, 0.29) is 6.42 Å². The van der Waals surface area contributed by atoms with Gasteiger partial charge in [-0.1, -0.05) is 12.1 Å². The summed E-state index contributed by atoms with van der Waals surface area (Å²) in [5, 5.41) is 21.0. The second-order valence-electron chi connectivity index (χ2n) is 4.75. The first kappa shape index (κ1) is 14.7. The Kier molecular flexibility index (Phi) is 5.31. The average molecular weight is 251 g/mol. The Morgan fingerprint density at radius 3 is 2.44 bits per heavy atom. The van der Waals surface area contributed by atoms with Crippen LogP contribution < -0.4 is 5.32 Å². The average Bonchev–Trinajstić information content (AvgIpc) is 2.24. The second-order valence-corrected chi connectivity index (χ2v) is 4.75. The smallest absolute Gasteiger partial charge is 0.306 e. The molecule has 4 heteroatoms. The number of aliphatic hydroxyl groups is 1. The number of benzene rings is 1. The van der Waals surface area contributed by atoms with Gasteiger partial charge in [-0.2, -0.15) is 0 Å². The molecule has 4 nitrogen and oxygen atoms in total. The molecule has 0 spiro atoms. The van der Waals surface area contributed by atoms with Gasteiger partial charge >= 0.3 is 5.97 Å². The minimum Gasteiger partial charge on any atom is -0.481 e. The zero-order valence-corrected chi connectivity index (χ0v) is 11.2. The Hall–Kier alpha value is -1.39. The summed E-state index contributed by atoms with van der Waals surface area (Å²) in [6.45, 7) is 7.13. The predicted octanol–water partition coefficient (Wildman–Crippen LogP) is 1.54. The van der Waals surface area contributed by atoms with Gasteiger partial charge in [0.1, 0.15) is 0 Å². The van der Waals surface area contributed by atoms with Gasteiger partial charge in [-0.25, -0.2) is 0 Å². The van der Waals surface area contributed by atoms with Crippen molar-refractivity contribution < 1.29 is 15.0 Å². The lowest BCUT2D eigenvalue weighted by Gasteiger charge is -2.13. The highest BCUT2D eigenvalue weighted by Crippen LogP contribution is 2.15. The Balaban J connectivity index is 2.49. The summed E-state index contributed by atoms with van der Waals surface area (Å²) in [5.74, 6) is -0.980. The molecule has 0 fully saturated rings. The summed E-state index contributed by atoms with van der Waals surface area (Å²) >= 11 is 0. The Morgan fingerprint density at radius 1 is 1.22 bits per heavy atom. The van der Waals surface area contributed by atoms with Crippen LogP contribution in [0.25, 0.3) is 0 Å². The summed E-state index contributed by atoms with van der Waals surface area (Å²) in [6, 6.07) is 4.27. The van der Waals surface area contributed by atoms with E-state index in [2.05, 4.69) is 38.2 Å². The molecule has 0 aliphatic carbocycles. The van der Waals surface area contributed by atoms with Crippen molar-refractivity contribution in [2.24, 2.45) is 0 Å². The number of nitrogens with one attached hydrogen (secondary N) is 1. The molecule has 100 valence electrons. The normalized spacial score (nSPS) is 12.4. The first-order valence-electron chi connectivity index (χ1n) is 6.07. The van der Waals surface area contributed by atoms with Crippen LogP contribution in [0.4, 0.5) is 0 Å². The molecule has 0 bridgehead atoms. The van der Waals surface area contributed by atoms with Crippen molar-refractivity contribution in [2.75, 3.05) is 6.54 Å². The highest BCUT2D eigenvalue weighted by Gasteiger charge is 2.09. The summed E-state index contributed by atoms with van der Waals surface area (Å²) in [5.41, 5.74) is 4.89. The van der Waals surface area contributed by atoms with Crippen LogP contribution in [0, 0.1) is 20.8 Å². The van der Waals surface area contributed by atoms with Crippen molar-refractivity contribution in [1.82, 2.24) is 5.32 Å². The monoisotopic (exact) mass is 251 g/mol. The third-order valence-corrected chi connectivity index (χ3v) is 3.06. The van der Waals surface area contributed by atoms with Gasteiger partial charge in [0.15, 0.2) is 0 Å². The van der Waals surface area contributed by atoms with Crippen molar-refractivity contribution in [1.29, 1.82) is 0 Å². The molecule has 0 aliphatic rings. The van der Waals surface area contributed by atoms with E-state index in [0.717, 1.165) is 0 Å². The van der Waals surface area contributed by atoms with Gasteiger partial charge in [-0.15, -0.1) is 0 Å². The summed E-state index contributed by atoms with van der Waals surface area (Å²) < 4.78 is 0. The zero-order chi connectivity index (χ0) is 13.7. The number of aryl methyl sites for hydroxylation is 3. The molecule has 0 saturated heterocycles. The Bertz CT molecular complexity index is 429. The number of carboxylic acids is 1. The van der Waals surface area contributed by atoms with E-state index >= 15 is 0 Å². The predicted molar refractivity (Wildman–Crippen MR) is 70.6 cm³/mol. The third kappa shape index (κ3) is 4.47. The maximum Gasteiger partial charge on any atom is 0.306 e. The molecule has 0 aliphatic heterocycles. The fraction of sp³-hybridized carbons (Fsp3) is 0.500.